The van der Waals surface area contributed by atoms with Crippen LogP contribution < -0.4 is 5.48 Å². The largest absolute Gasteiger partial charge is 0.335 e. The fourth-order valence-electron chi connectivity index (χ4n) is 2.10. The number of carbonyl (C=O) groups is 1. The van der Waals surface area contributed by atoms with Gasteiger partial charge in [0.2, 0.25) is 5.69 Å². The predicted molar refractivity (Wildman–Crippen MR) is 61.6 cm³/mol. The van der Waals surface area contributed by atoms with Crippen molar-refractivity contribution in [1.29, 1.82) is 0 Å². The maximum absolute atomic E-state index is 12.3. The van der Waals surface area contributed by atoms with Crippen molar-refractivity contribution in [2.24, 2.45) is 5.92 Å². The Balaban J connectivity index is 2.23. The Hall–Kier alpha value is -1.40. The summed E-state index contributed by atoms with van der Waals surface area (Å²) in [6, 6.07) is 0. The van der Waals surface area contributed by atoms with Gasteiger partial charge in [-0.1, -0.05) is 13.8 Å². The fourth-order valence-corrected chi connectivity index (χ4v) is 2.10. The molecule has 0 atom stereocenters. The number of quaternary nitrogens is 1. The van der Waals surface area contributed by atoms with E-state index in [0.29, 0.717) is 11.6 Å². The van der Waals surface area contributed by atoms with E-state index in [4.69, 9.17) is 4.84 Å². The van der Waals surface area contributed by atoms with Gasteiger partial charge in [0, 0.05) is 13.1 Å². The second kappa shape index (κ2) is 4.85. The van der Waals surface area contributed by atoms with E-state index in [0.717, 1.165) is 25.3 Å². The Morgan fingerprint density at radius 2 is 2.29 bits per heavy atom. The quantitative estimate of drug-likeness (QED) is 0.737. The zero-order chi connectivity index (χ0) is 12.4. The second-order valence-corrected chi connectivity index (χ2v) is 4.67. The summed E-state index contributed by atoms with van der Waals surface area (Å²) in [5.41, 5.74) is 2.96. The van der Waals surface area contributed by atoms with E-state index in [9.17, 15) is 4.79 Å². The smallest absolute Gasteiger partial charge is 0.278 e. The van der Waals surface area contributed by atoms with Crippen LogP contribution in [0.1, 0.15) is 24.3 Å². The van der Waals surface area contributed by atoms with Crippen LogP contribution in [0.4, 0.5) is 5.69 Å². The van der Waals surface area contributed by atoms with Crippen LogP contribution in [-0.2, 0) is 11.4 Å². The maximum atomic E-state index is 12.3. The zero-order valence-corrected chi connectivity index (χ0v) is 10.5. The predicted octanol–water partition coefficient (Wildman–Crippen LogP) is -0.249. The Bertz CT molecular complexity index is 414. The summed E-state index contributed by atoms with van der Waals surface area (Å²) < 4.78 is 1.75. The average Bonchev–Trinajstić information content (AvgIpc) is 2.66. The van der Waals surface area contributed by atoms with E-state index >= 15 is 0 Å². The molecule has 1 amide bonds. The van der Waals surface area contributed by atoms with Crippen LogP contribution in [0.25, 0.3) is 0 Å². The lowest BCUT2D eigenvalue weighted by Crippen LogP contribution is -2.76. The summed E-state index contributed by atoms with van der Waals surface area (Å²) in [5, 5.41) is 4.20. The standard InChI is InChI=1S/C11H18N4O2/c1-8(2)7-14-4-5-15-10(11(14)16)9(6-12-15)13-17-3/h6,8,13H,4-5,7H2,1-3H3/p+1. The highest BCUT2D eigenvalue weighted by atomic mass is 16.6. The number of nitrogens with zero attached hydrogens (tertiary/aromatic N) is 3. The van der Waals surface area contributed by atoms with Crippen LogP contribution in [0.2, 0.25) is 0 Å². The van der Waals surface area contributed by atoms with Gasteiger partial charge in [-0.2, -0.15) is 10.6 Å². The van der Waals surface area contributed by atoms with Gasteiger partial charge in [-0.05, 0) is 5.92 Å². The van der Waals surface area contributed by atoms with Gasteiger partial charge < -0.3 is 4.90 Å². The monoisotopic (exact) mass is 239 g/mol. The minimum absolute atomic E-state index is 0.0470. The van der Waals surface area contributed by atoms with Gasteiger partial charge in [0.1, 0.15) is 6.20 Å². The highest BCUT2D eigenvalue weighted by molar-refractivity contribution is 5.96. The Morgan fingerprint density at radius 3 is 2.94 bits per heavy atom. The topological polar surface area (TPSA) is 64.0 Å². The third-order valence-electron chi connectivity index (χ3n) is 2.77. The fraction of sp³-hybridized carbons (Fsp3) is 0.636. The van der Waals surface area contributed by atoms with Crippen LogP contribution >= 0.6 is 0 Å². The molecule has 17 heavy (non-hydrogen) atoms. The van der Waals surface area contributed by atoms with Gasteiger partial charge in [0.05, 0.1) is 13.7 Å². The van der Waals surface area contributed by atoms with Crippen LogP contribution in [0.3, 0.4) is 0 Å². The van der Waals surface area contributed by atoms with Crippen molar-refractivity contribution in [2.75, 3.05) is 20.2 Å². The number of hydrogen-bond acceptors (Lipinski definition) is 3. The molecule has 1 aliphatic rings. The highest BCUT2D eigenvalue weighted by Crippen LogP contribution is 2.18. The molecular formula is C11H19N4O2+. The Kier molecular flexibility index (Phi) is 3.44. The average molecular weight is 239 g/mol. The Morgan fingerprint density at radius 1 is 1.53 bits per heavy atom. The molecular weight excluding hydrogens is 220 g/mol. The lowest BCUT2D eigenvalue weighted by molar-refractivity contribution is -0.830. The van der Waals surface area contributed by atoms with E-state index in [2.05, 4.69) is 18.9 Å². The first-order valence-corrected chi connectivity index (χ1v) is 5.84. The molecule has 0 aliphatic carbocycles. The SMILES string of the molecule is CO[NH2+]c1cnn2c1C(=O)N(CC(C)C)CC2. The molecule has 0 radical (unpaired) electrons. The van der Waals surface area contributed by atoms with Crippen molar-refractivity contribution in [3.05, 3.63) is 11.9 Å². The van der Waals surface area contributed by atoms with Crippen molar-refractivity contribution in [3.8, 4) is 0 Å². The van der Waals surface area contributed by atoms with Gasteiger partial charge in [-0.15, -0.1) is 0 Å². The van der Waals surface area contributed by atoms with E-state index in [1.807, 2.05) is 4.90 Å². The Labute approximate surface area is 100 Å². The minimum atomic E-state index is 0.0470. The summed E-state index contributed by atoms with van der Waals surface area (Å²) >= 11 is 0. The summed E-state index contributed by atoms with van der Waals surface area (Å²) in [4.78, 5) is 19.2. The lowest BCUT2D eigenvalue weighted by Gasteiger charge is -2.28. The molecule has 0 fully saturated rings. The maximum Gasteiger partial charge on any atom is 0.278 e. The van der Waals surface area contributed by atoms with Crippen LogP contribution in [0.5, 0.6) is 0 Å². The van der Waals surface area contributed by atoms with Gasteiger partial charge in [-0.3, -0.25) is 9.48 Å². The number of amides is 1. The molecule has 0 saturated carbocycles. The molecule has 2 rings (SSSR count). The van der Waals surface area contributed by atoms with Gasteiger partial charge >= 0.3 is 0 Å². The first kappa shape index (κ1) is 12.1. The van der Waals surface area contributed by atoms with E-state index < -0.39 is 0 Å². The molecule has 0 bridgehead atoms. The molecule has 0 spiro atoms. The second-order valence-electron chi connectivity index (χ2n) is 4.67. The molecule has 6 heteroatoms. The van der Waals surface area contributed by atoms with Gasteiger partial charge in [0.25, 0.3) is 5.91 Å². The summed E-state index contributed by atoms with van der Waals surface area (Å²) in [6.45, 7) is 6.50. The molecule has 2 heterocycles. The number of rotatable bonds is 4. The number of carbonyl (C=O) groups excluding carboxylic acids is 1. The number of hydrogen-bond donors (Lipinski definition) is 1. The van der Waals surface area contributed by atoms with Crippen molar-refractivity contribution in [2.45, 2.75) is 20.4 Å². The third-order valence-corrected chi connectivity index (χ3v) is 2.77. The van der Waals surface area contributed by atoms with Crippen molar-refractivity contribution in [3.63, 3.8) is 0 Å². The minimum Gasteiger partial charge on any atom is -0.335 e. The zero-order valence-electron chi connectivity index (χ0n) is 10.5. The van der Waals surface area contributed by atoms with Crippen LogP contribution in [0.15, 0.2) is 6.20 Å². The molecule has 1 aliphatic heterocycles. The number of aromatic nitrogens is 2. The highest BCUT2D eigenvalue weighted by Gasteiger charge is 2.30. The van der Waals surface area contributed by atoms with Gasteiger partial charge in [0.15, 0.2) is 5.69 Å². The molecule has 6 nitrogen and oxygen atoms in total. The van der Waals surface area contributed by atoms with E-state index in [-0.39, 0.29) is 5.91 Å². The molecule has 2 N–H and O–H groups in total. The number of nitrogens with two attached hydrogens (primary N) is 1. The van der Waals surface area contributed by atoms with Crippen LogP contribution in [0, 0.1) is 5.92 Å². The van der Waals surface area contributed by atoms with Crippen LogP contribution in [-0.4, -0.2) is 40.8 Å². The van der Waals surface area contributed by atoms with Gasteiger partial charge in [-0.25, -0.2) is 4.84 Å². The molecule has 0 saturated heterocycles. The van der Waals surface area contributed by atoms with Crippen molar-refractivity contribution < 1.29 is 15.1 Å². The lowest BCUT2D eigenvalue weighted by atomic mass is 10.1. The molecule has 0 aromatic carbocycles. The molecule has 0 unspecified atom stereocenters. The summed E-state index contributed by atoms with van der Waals surface area (Å²) in [6.07, 6.45) is 1.68. The molecule has 1 aromatic rings. The first-order chi connectivity index (χ1) is 8.13. The number of fused-ring (bicyclic) bond motifs is 1. The third kappa shape index (κ3) is 2.32. The first-order valence-electron chi connectivity index (χ1n) is 5.84. The van der Waals surface area contributed by atoms with E-state index in [1.165, 1.54) is 0 Å². The summed E-state index contributed by atoms with van der Waals surface area (Å²) in [7, 11) is 1.57. The summed E-state index contributed by atoms with van der Waals surface area (Å²) in [5.74, 6) is 0.522. The van der Waals surface area contributed by atoms with Crippen molar-refractivity contribution >= 4 is 11.6 Å². The molecule has 94 valence electrons. The van der Waals surface area contributed by atoms with Crippen molar-refractivity contribution in [1.82, 2.24) is 14.7 Å². The molecule has 1 aromatic heterocycles. The van der Waals surface area contributed by atoms with E-state index in [1.54, 1.807) is 23.5 Å². The normalized spacial score (nSPS) is 15.5.